The van der Waals surface area contributed by atoms with Crippen molar-refractivity contribution in [1.29, 1.82) is 0 Å². The van der Waals surface area contributed by atoms with Crippen LogP contribution in [0, 0.1) is 0 Å². The third kappa shape index (κ3) is 5.89. The van der Waals surface area contributed by atoms with Gasteiger partial charge in [0, 0.05) is 11.6 Å². The smallest absolute Gasteiger partial charge is 0.263 e. The lowest BCUT2D eigenvalue weighted by molar-refractivity contribution is -0.140. The van der Waals surface area contributed by atoms with Crippen molar-refractivity contribution in [3.8, 4) is 11.5 Å². The maximum absolute atomic E-state index is 12.6. The molecule has 1 N–H and O–H groups in total. The highest BCUT2D eigenvalue weighted by Crippen LogP contribution is 2.23. The summed E-state index contributed by atoms with van der Waals surface area (Å²) in [7, 11) is 1.53. The van der Waals surface area contributed by atoms with E-state index in [0.717, 1.165) is 0 Å². The van der Waals surface area contributed by atoms with E-state index in [4.69, 9.17) is 21.1 Å². The molecular weight excluding hydrogens is 368 g/mol. The summed E-state index contributed by atoms with van der Waals surface area (Å²) in [6, 6.07) is 13.9. The number of halogens is 1. The van der Waals surface area contributed by atoms with E-state index in [1.807, 2.05) is 6.07 Å². The van der Waals surface area contributed by atoms with E-state index >= 15 is 0 Å². The van der Waals surface area contributed by atoms with E-state index in [2.05, 4.69) is 5.32 Å². The van der Waals surface area contributed by atoms with E-state index in [1.54, 1.807) is 56.3 Å². The summed E-state index contributed by atoms with van der Waals surface area (Å²) in [5, 5.41) is 3.28. The summed E-state index contributed by atoms with van der Waals surface area (Å²) in [5.41, 5.74) is 0.553. The Kier molecular flexibility index (Phi) is 7.49. The first kappa shape index (κ1) is 20.6. The van der Waals surface area contributed by atoms with Crippen molar-refractivity contribution in [1.82, 2.24) is 4.90 Å². The molecule has 144 valence electrons. The van der Waals surface area contributed by atoms with Gasteiger partial charge in [-0.2, -0.15) is 0 Å². The number of nitrogens with one attached hydrogen (secondary N) is 1. The molecule has 0 saturated carbocycles. The highest BCUT2D eigenvalue weighted by atomic mass is 35.5. The van der Waals surface area contributed by atoms with Gasteiger partial charge in [-0.1, -0.05) is 29.8 Å². The van der Waals surface area contributed by atoms with Gasteiger partial charge in [0.1, 0.15) is 11.5 Å². The van der Waals surface area contributed by atoms with Gasteiger partial charge < -0.3 is 19.7 Å². The van der Waals surface area contributed by atoms with Gasteiger partial charge in [-0.05, 0) is 44.2 Å². The fourth-order valence-electron chi connectivity index (χ4n) is 2.51. The van der Waals surface area contributed by atoms with Crippen molar-refractivity contribution in [3.05, 3.63) is 53.6 Å². The molecule has 0 heterocycles. The minimum absolute atomic E-state index is 0.0867. The lowest BCUT2D eigenvalue weighted by Crippen LogP contribution is -2.44. The monoisotopic (exact) mass is 390 g/mol. The minimum Gasteiger partial charge on any atom is -0.495 e. The van der Waals surface area contributed by atoms with Crippen LogP contribution in [0.5, 0.6) is 11.5 Å². The zero-order valence-corrected chi connectivity index (χ0v) is 16.3. The number of nitrogens with zero attached hydrogens (tertiary/aromatic N) is 1. The summed E-state index contributed by atoms with van der Waals surface area (Å²) >= 11 is 5.93. The fourth-order valence-corrected chi connectivity index (χ4v) is 2.69. The first-order valence-corrected chi connectivity index (χ1v) is 8.96. The van der Waals surface area contributed by atoms with Gasteiger partial charge in [-0.3, -0.25) is 9.59 Å². The number of rotatable bonds is 8. The lowest BCUT2D eigenvalue weighted by Gasteiger charge is -2.24. The van der Waals surface area contributed by atoms with E-state index in [0.29, 0.717) is 28.8 Å². The average molecular weight is 391 g/mol. The number of hydrogen-bond donors (Lipinski definition) is 1. The summed E-state index contributed by atoms with van der Waals surface area (Å²) in [5.74, 6) is 0.452. The molecule has 0 aliphatic carbocycles. The summed E-state index contributed by atoms with van der Waals surface area (Å²) in [6.07, 6.45) is -0.748. The number of carbonyl (C=O) groups is 2. The predicted octanol–water partition coefficient (Wildman–Crippen LogP) is 3.60. The summed E-state index contributed by atoms with van der Waals surface area (Å²) < 4.78 is 10.9. The maximum Gasteiger partial charge on any atom is 0.263 e. The minimum atomic E-state index is -0.748. The van der Waals surface area contributed by atoms with Crippen LogP contribution in [0.2, 0.25) is 5.02 Å². The summed E-state index contributed by atoms with van der Waals surface area (Å²) in [4.78, 5) is 26.4. The Balaban J connectivity index is 1.98. The van der Waals surface area contributed by atoms with Crippen molar-refractivity contribution in [2.45, 2.75) is 20.0 Å². The predicted molar refractivity (Wildman–Crippen MR) is 105 cm³/mol. The molecule has 27 heavy (non-hydrogen) atoms. The molecular formula is C20H23ClN2O4. The lowest BCUT2D eigenvalue weighted by atomic mass is 10.2. The van der Waals surface area contributed by atoms with Crippen LogP contribution in [-0.4, -0.2) is 43.0 Å². The van der Waals surface area contributed by atoms with Crippen LogP contribution < -0.4 is 14.8 Å². The van der Waals surface area contributed by atoms with Crippen LogP contribution in [0.1, 0.15) is 13.8 Å². The highest BCUT2D eigenvalue weighted by molar-refractivity contribution is 6.30. The standard InChI is InChI=1S/C20H23ClN2O4/c1-4-23(13-19(24)22-17-10-5-6-11-18(17)26-3)20(25)14(2)27-16-9-7-8-15(21)12-16/h5-12,14H,4,13H2,1-3H3,(H,22,24). The van der Waals surface area contributed by atoms with Crippen LogP contribution in [0.25, 0.3) is 0 Å². The molecule has 2 aromatic rings. The SMILES string of the molecule is CCN(CC(=O)Nc1ccccc1OC)C(=O)C(C)Oc1cccc(Cl)c1. The molecule has 1 atom stereocenters. The summed E-state index contributed by atoms with van der Waals surface area (Å²) in [6.45, 7) is 3.74. The number of ether oxygens (including phenoxy) is 2. The number of para-hydroxylation sites is 2. The van der Waals surface area contributed by atoms with Crippen molar-refractivity contribution < 1.29 is 19.1 Å². The average Bonchev–Trinajstić information content (AvgIpc) is 2.66. The molecule has 0 spiro atoms. The number of hydrogen-bond acceptors (Lipinski definition) is 4. The number of benzene rings is 2. The molecule has 6 nitrogen and oxygen atoms in total. The number of likely N-dealkylation sites (N-methyl/N-ethyl adjacent to an activating group) is 1. The van der Waals surface area contributed by atoms with Gasteiger partial charge in [-0.25, -0.2) is 0 Å². The topological polar surface area (TPSA) is 67.9 Å². The van der Waals surface area contributed by atoms with E-state index < -0.39 is 6.10 Å². The first-order valence-electron chi connectivity index (χ1n) is 8.58. The first-order chi connectivity index (χ1) is 12.9. The Morgan fingerprint density at radius 1 is 1.19 bits per heavy atom. The van der Waals surface area contributed by atoms with Gasteiger partial charge in [-0.15, -0.1) is 0 Å². The van der Waals surface area contributed by atoms with Crippen LogP contribution in [0.15, 0.2) is 48.5 Å². The molecule has 7 heteroatoms. The Bertz CT molecular complexity index is 797. The van der Waals surface area contributed by atoms with Crippen molar-refractivity contribution in [2.75, 3.05) is 25.5 Å². The van der Waals surface area contributed by atoms with E-state index in [9.17, 15) is 9.59 Å². The van der Waals surface area contributed by atoms with Crippen LogP contribution in [0.4, 0.5) is 5.69 Å². The Morgan fingerprint density at radius 2 is 1.93 bits per heavy atom. The van der Waals surface area contributed by atoms with Crippen LogP contribution >= 0.6 is 11.6 Å². The number of carbonyl (C=O) groups excluding carboxylic acids is 2. The van der Waals surface area contributed by atoms with Crippen molar-refractivity contribution in [3.63, 3.8) is 0 Å². The second-order valence-corrected chi connectivity index (χ2v) is 6.25. The number of methoxy groups -OCH3 is 1. The molecule has 2 amide bonds. The second kappa shape index (κ2) is 9.83. The molecule has 0 bridgehead atoms. The zero-order chi connectivity index (χ0) is 19.8. The van der Waals surface area contributed by atoms with Gasteiger partial charge in [0.2, 0.25) is 5.91 Å². The van der Waals surface area contributed by atoms with E-state index in [1.165, 1.54) is 12.0 Å². The van der Waals surface area contributed by atoms with Crippen molar-refractivity contribution >= 4 is 29.1 Å². The molecule has 0 fully saturated rings. The maximum atomic E-state index is 12.6. The van der Waals surface area contributed by atoms with Gasteiger partial charge in [0.15, 0.2) is 6.10 Å². The van der Waals surface area contributed by atoms with Gasteiger partial charge >= 0.3 is 0 Å². The van der Waals surface area contributed by atoms with Gasteiger partial charge in [0.25, 0.3) is 5.91 Å². The molecule has 0 aromatic heterocycles. The van der Waals surface area contributed by atoms with Crippen molar-refractivity contribution in [2.24, 2.45) is 0 Å². The van der Waals surface area contributed by atoms with Crippen LogP contribution in [-0.2, 0) is 9.59 Å². The zero-order valence-electron chi connectivity index (χ0n) is 15.6. The highest BCUT2D eigenvalue weighted by Gasteiger charge is 2.23. The molecule has 1 unspecified atom stereocenters. The molecule has 2 aromatic carbocycles. The largest absolute Gasteiger partial charge is 0.495 e. The fraction of sp³-hybridized carbons (Fsp3) is 0.300. The molecule has 2 rings (SSSR count). The number of anilines is 1. The third-order valence-electron chi connectivity index (χ3n) is 3.87. The quantitative estimate of drug-likeness (QED) is 0.747. The molecule has 0 aliphatic heterocycles. The molecule has 0 saturated heterocycles. The van der Waals surface area contributed by atoms with E-state index in [-0.39, 0.29) is 18.4 Å². The normalized spacial score (nSPS) is 11.4. The Morgan fingerprint density at radius 3 is 2.59 bits per heavy atom. The molecule has 0 radical (unpaired) electrons. The van der Waals surface area contributed by atoms with Crippen LogP contribution in [0.3, 0.4) is 0 Å². The third-order valence-corrected chi connectivity index (χ3v) is 4.10. The number of amides is 2. The Hall–Kier alpha value is -2.73. The Labute approximate surface area is 164 Å². The van der Waals surface area contributed by atoms with Gasteiger partial charge in [0.05, 0.1) is 19.3 Å². The molecule has 0 aliphatic rings. The second-order valence-electron chi connectivity index (χ2n) is 5.82.